The maximum Gasteiger partial charge on any atom is 0.134 e. The SMILES string of the molecule is Cc1ccc2oc(CCC(N)C(C)C)cc2c1. The normalized spacial score (nSPS) is 13.5. The Labute approximate surface area is 103 Å². The van der Waals surface area contributed by atoms with E-state index in [4.69, 9.17) is 10.2 Å². The quantitative estimate of drug-likeness (QED) is 0.872. The number of benzene rings is 1. The summed E-state index contributed by atoms with van der Waals surface area (Å²) in [5, 5.41) is 1.19. The number of furan rings is 1. The van der Waals surface area contributed by atoms with Crippen molar-refractivity contribution in [1.29, 1.82) is 0 Å². The van der Waals surface area contributed by atoms with Crippen LogP contribution in [-0.4, -0.2) is 6.04 Å². The molecule has 17 heavy (non-hydrogen) atoms. The summed E-state index contributed by atoms with van der Waals surface area (Å²) in [5.74, 6) is 1.57. The van der Waals surface area contributed by atoms with Gasteiger partial charge < -0.3 is 10.2 Å². The maximum atomic E-state index is 6.04. The van der Waals surface area contributed by atoms with Gasteiger partial charge in [-0.1, -0.05) is 25.5 Å². The summed E-state index contributed by atoms with van der Waals surface area (Å²) in [5.41, 5.74) is 8.28. The minimum absolute atomic E-state index is 0.255. The zero-order valence-electron chi connectivity index (χ0n) is 10.9. The summed E-state index contributed by atoms with van der Waals surface area (Å²) in [4.78, 5) is 0. The van der Waals surface area contributed by atoms with Crippen LogP contribution in [0.2, 0.25) is 0 Å². The van der Waals surface area contributed by atoms with Crippen molar-refractivity contribution in [3.8, 4) is 0 Å². The van der Waals surface area contributed by atoms with Crippen molar-refractivity contribution in [3.63, 3.8) is 0 Å². The fourth-order valence-electron chi connectivity index (χ4n) is 1.98. The molecule has 0 radical (unpaired) electrons. The van der Waals surface area contributed by atoms with E-state index in [2.05, 4.69) is 39.0 Å². The zero-order valence-corrected chi connectivity index (χ0v) is 10.9. The number of hydrogen-bond acceptors (Lipinski definition) is 2. The van der Waals surface area contributed by atoms with E-state index in [1.54, 1.807) is 0 Å². The molecule has 2 heteroatoms. The summed E-state index contributed by atoms with van der Waals surface area (Å²) in [6.07, 6.45) is 1.91. The van der Waals surface area contributed by atoms with Gasteiger partial charge in [0.25, 0.3) is 0 Å². The van der Waals surface area contributed by atoms with Crippen LogP contribution < -0.4 is 5.73 Å². The smallest absolute Gasteiger partial charge is 0.134 e. The molecule has 2 aromatic rings. The lowest BCUT2D eigenvalue weighted by Crippen LogP contribution is -2.26. The van der Waals surface area contributed by atoms with Crippen LogP contribution in [0.3, 0.4) is 0 Å². The average Bonchev–Trinajstić information content (AvgIpc) is 2.67. The van der Waals surface area contributed by atoms with Crippen molar-refractivity contribution in [2.75, 3.05) is 0 Å². The van der Waals surface area contributed by atoms with E-state index in [1.165, 1.54) is 10.9 Å². The second-order valence-corrected chi connectivity index (χ2v) is 5.20. The monoisotopic (exact) mass is 231 g/mol. The van der Waals surface area contributed by atoms with E-state index in [0.29, 0.717) is 5.92 Å². The van der Waals surface area contributed by atoms with E-state index in [1.807, 2.05) is 6.07 Å². The second-order valence-electron chi connectivity index (χ2n) is 5.20. The second kappa shape index (κ2) is 4.92. The predicted octanol–water partition coefficient (Wildman–Crippen LogP) is 3.66. The Morgan fingerprint density at radius 3 is 2.71 bits per heavy atom. The van der Waals surface area contributed by atoms with Crippen molar-refractivity contribution in [1.82, 2.24) is 0 Å². The zero-order chi connectivity index (χ0) is 12.4. The summed E-state index contributed by atoms with van der Waals surface area (Å²) < 4.78 is 5.80. The number of fused-ring (bicyclic) bond motifs is 1. The number of nitrogens with two attached hydrogens (primary N) is 1. The lowest BCUT2D eigenvalue weighted by Gasteiger charge is -2.13. The molecule has 2 rings (SSSR count). The van der Waals surface area contributed by atoms with Crippen molar-refractivity contribution < 1.29 is 4.42 Å². The van der Waals surface area contributed by atoms with Crippen molar-refractivity contribution in [2.45, 2.75) is 39.7 Å². The van der Waals surface area contributed by atoms with Crippen LogP contribution in [0.15, 0.2) is 28.7 Å². The van der Waals surface area contributed by atoms with E-state index in [0.717, 1.165) is 24.2 Å². The summed E-state index contributed by atoms with van der Waals surface area (Å²) in [6, 6.07) is 8.66. The summed E-state index contributed by atoms with van der Waals surface area (Å²) in [6.45, 7) is 6.42. The maximum absolute atomic E-state index is 6.04. The van der Waals surface area contributed by atoms with Crippen molar-refractivity contribution >= 4 is 11.0 Å². The van der Waals surface area contributed by atoms with Gasteiger partial charge in [-0.2, -0.15) is 0 Å². The Balaban J connectivity index is 2.09. The average molecular weight is 231 g/mol. The van der Waals surface area contributed by atoms with Gasteiger partial charge in [0.15, 0.2) is 0 Å². The van der Waals surface area contributed by atoms with Gasteiger partial charge in [0, 0.05) is 17.8 Å². The summed E-state index contributed by atoms with van der Waals surface area (Å²) >= 11 is 0. The lowest BCUT2D eigenvalue weighted by molar-refractivity contribution is 0.441. The Bertz CT molecular complexity index is 499. The molecule has 2 N–H and O–H groups in total. The highest BCUT2D eigenvalue weighted by atomic mass is 16.3. The molecular weight excluding hydrogens is 210 g/mol. The van der Waals surface area contributed by atoms with Crippen molar-refractivity contribution in [3.05, 3.63) is 35.6 Å². The topological polar surface area (TPSA) is 39.2 Å². The number of rotatable bonds is 4. The summed E-state index contributed by atoms with van der Waals surface area (Å²) in [7, 11) is 0. The highest BCUT2D eigenvalue weighted by Crippen LogP contribution is 2.22. The molecule has 1 unspecified atom stereocenters. The molecule has 92 valence electrons. The molecule has 0 fully saturated rings. The Hall–Kier alpha value is -1.28. The molecular formula is C15H21NO. The van der Waals surface area contributed by atoms with Gasteiger partial charge >= 0.3 is 0 Å². The van der Waals surface area contributed by atoms with Gasteiger partial charge in [0.2, 0.25) is 0 Å². The van der Waals surface area contributed by atoms with E-state index in [9.17, 15) is 0 Å². The molecule has 1 aromatic carbocycles. The Morgan fingerprint density at radius 2 is 2.00 bits per heavy atom. The molecule has 2 nitrogen and oxygen atoms in total. The highest BCUT2D eigenvalue weighted by molar-refractivity contribution is 5.78. The largest absolute Gasteiger partial charge is 0.461 e. The van der Waals surface area contributed by atoms with Gasteiger partial charge in [0.1, 0.15) is 11.3 Å². The molecule has 1 atom stereocenters. The molecule has 0 aliphatic heterocycles. The molecule has 0 aliphatic rings. The number of hydrogen-bond donors (Lipinski definition) is 1. The van der Waals surface area contributed by atoms with Crippen LogP contribution in [0.25, 0.3) is 11.0 Å². The fraction of sp³-hybridized carbons (Fsp3) is 0.467. The predicted molar refractivity (Wildman–Crippen MR) is 72.1 cm³/mol. The number of aryl methyl sites for hydroxylation is 2. The molecule has 1 aromatic heterocycles. The molecule has 0 amide bonds. The van der Waals surface area contributed by atoms with E-state index in [-0.39, 0.29) is 6.04 Å². The van der Waals surface area contributed by atoms with Crippen molar-refractivity contribution in [2.24, 2.45) is 11.7 Å². The first-order valence-electron chi connectivity index (χ1n) is 6.31. The van der Waals surface area contributed by atoms with E-state index < -0.39 is 0 Å². The lowest BCUT2D eigenvalue weighted by atomic mass is 10.00. The van der Waals surface area contributed by atoms with Crippen LogP contribution in [0, 0.1) is 12.8 Å². The molecule has 0 aliphatic carbocycles. The minimum Gasteiger partial charge on any atom is -0.461 e. The standard InChI is InChI=1S/C15H21NO/c1-10(2)14(16)6-5-13-9-12-8-11(3)4-7-15(12)17-13/h4,7-10,14H,5-6,16H2,1-3H3. The Morgan fingerprint density at radius 1 is 1.24 bits per heavy atom. The van der Waals surface area contributed by atoms with Crippen LogP contribution in [0.4, 0.5) is 0 Å². The molecule has 0 saturated heterocycles. The molecule has 0 saturated carbocycles. The highest BCUT2D eigenvalue weighted by Gasteiger charge is 2.10. The minimum atomic E-state index is 0.255. The van der Waals surface area contributed by atoms with Crippen LogP contribution in [-0.2, 0) is 6.42 Å². The van der Waals surface area contributed by atoms with E-state index >= 15 is 0 Å². The first-order chi connectivity index (χ1) is 8.06. The van der Waals surface area contributed by atoms with Gasteiger partial charge in [-0.15, -0.1) is 0 Å². The van der Waals surface area contributed by atoms with Gasteiger partial charge in [0.05, 0.1) is 0 Å². The fourth-order valence-corrected chi connectivity index (χ4v) is 1.98. The van der Waals surface area contributed by atoms with Crippen LogP contribution in [0.5, 0.6) is 0 Å². The molecule has 1 heterocycles. The first kappa shape index (κ1) is 12.2. The first-order valence-corrected chi connectivity index (χ1v) is 6.31. The third kappa shape index (κ3) is 2.89. The van der Waals surface area contributed by atoms with Gasteiger partial charge in [-0.3, -0.25) is 0 Å². The molecule has 0 bridgehead atoms. The van der Waals surface area contributed by atoms with Crippen LogP contribution in [0.1, 0.15) is 31.6 Å². The van der Waals surface area contributed by atoms with Crippen LogP contribution >= 0.6 is 0 Å². The third-order valence-electron chi connectivity index (χ3n) is 3.30. The Kier molecular flexibility index (Phi) is 3.53. The third-order valence-corrected chi connectivity index (χ3v) is 3.30. The van der Waals surface area contributed by atoms with Gasteiger partial charge in [-0.25, -0.2) is 0 Å². The van der Waals surface area contributed by atoms with Gasteiger partial charge in [-0.05, 0) is 37.5 Å². The molecule has 0 spiro atoms.